The van der Waals surface area contributed by atoms with Crippen LogP contribution in [0.4, 0.5) is 0 Å². The Morgan fingerprint density at radius 2 is 2.44 bits per heavy atom. The van der Waals surface area contributed by atoms with Crippen molar-refractivity contribution >= 4 is 27.3 Å². The van der Waals surface area contributed by atoms with Gasteiger partial charge in [0.2, 0.25) is 0 Å². The zero-order chi connectivity index (χ0) is 11.4. The highest BCUT2D eigenvalue weighted by Gasteiger charge is 2.02. The van der Waals surface area contributed by atoms with Crippen LogP contribution >= 0.6 is 27.3 Å². The fraction of sp³-hybridized carbons (Fsp3) is 0.400. The van der Waals surface area contributed by atoms with Gasteiger partial charge < -0.3 is 9.88 Å². The van der Waals surface area contributed by atoms with Crippen LogP contribution < -0.4 is 5.32 Å². The van der Waals surface area contributed by atoms with Gasteiger partial charge in [-0.25, -0.2) is 0 Å². The lowest BCUT2D eigenvalue weighted by molar-refractivity contribution is 0.657. The molecule has 0 saturated carbocycles. The summed E-state index contributed by atoms with van der Waals surface area (Å²) in [6.45, 7) is 1.81. The molecule has 2 rings (SSSR count). The Morgan fingerprint density at radius 3 is 3.06 bits per heavy atom. The standard InChI is InChI=1S/C10H13BrN4S/c1-15-7-13-14-10(15)2-4-12-6-9-8(11)3-5-16-9/h3,5,7,12H,2,4,6H2,1H3. The summed E-state index contributed by atoms with van der Waals surface area (Å²) in [7, 11) is 1.96. The molecule has 16 heavy (non-hydrogen) atoms. The van der Waals surface area contributed by atoms with E-state index < -0.39 is 0 Å². The lowest BCUT2D eigenvalue weighted by Gasteiger charge is -2.03. The highest BCUT2D eigenvalue weighted by molar-refractivity contribution is 9.10. The summed E-state index contributed by atoms with van der Waals surface area (Å²) in [6.07, 6.45) is 2.63. The van der Waals surface area contributed by atoms with Crippen LogP contribution in [0.5, 0.6) is 0 Å². The maximum Gasteiger partial charge on any atom is 0.133 e. The third-order valence-corrected chi connectivity index (χ3v) is 4.23. The van der Waals surface area contributed by atoms with Gasteiger partial charge in [0.1, 0.15) is 12.2 Å². The van der Waals surface area contributed by atoms with Crippen molar-refractivity contribution in [1.29, 1.82) is 0 Å². The van der Waals surface area contributed by atoms with Crippen molar-refractivity contribution in [3.63, 3.8) is 0 Å². The molecule has 86 valence electrons. The van der Waals surface area contributed by atoms with Crippen LogP contribution in [0.1, 0.15) is 10.7 Å². The van der Waals surface area contributed by atoms with E-state index in [2.05, 4.69) is 42.9 Å². The number of nitrogens with zero attached hydrogens (tertiary/aromatic N) is 3. The van der Waals surface area contributed by atoms with Crippen molar-refractivity contribution in [3.8, 4) is 0 Å². The van der Waals surface area contributed by atoms with Gasteiger partial charge in [-0.3, -0.25) is 0 Å². The number of nitrogens with one attached hydrogen (secondary N) is 1. The Balaban J connectivity index is 1.74. The Hall–Kier alpha value is -0.720. The molecule has 0 atom stereocenters. The number of aromatic nitrogens is 3. The molecule has 1 N–H and O–H groups in total. The number of aryl methyl sites for hydroxylation is 1. The van der Waals surface area contributed by atoms with Crippen molar-refractivity contribution in [3.05, 3.63) is 32.9 Å². The van der Waals surface area contributed by atoms with E-state index in [1.807, 2.05) is 11.6 Å². The summed E-state index contributed by atoms with van der Waals surface area (Å²) < 4.78 is 3.13. The quantitative estimate of drug-likeness (QED) is 0.859. The third-order valence-electron chi connectivity index (χ3n) is 2.31. The van der Waals surface area contributed by atoms with Gasteiger partial charge in [-0.2, -0.15) is 0 Å². The number of halogens is 1. The number of rotatable bonds is 5. The Bertz CT molecular complexity index is 409. The van der Waals surface area contributed by atoms with Gasteiger partial charge in [-0.1, -0.05) is 0 Å². The average molecular weight is 301 g/mol. The molecular formula is C10H13BrN4S. The Morgan fingerprint density at radius 1 is 1.56 bits per heavy atom. The van der Waals surface area contributed by atoms with E-state index in [1.54, 1.807) is 17.7 Å². The molecule has 0 spiro atoms. The lowest BCUT2D eigenvalue weighted by Crippen LogP contribution is -2.17. The van der Waals surface area contributed by atoms with E-state index in [0.29, 0.717) is 0 Å². The van der Waals surface area contributed by atoms with E-state index in [4.69, 9.17) is 0 Å². The van der Waals surface area contributed by atoms with Gasteiger partial charge in [-0.05, 0) is 27.4 Å². The minimum atomic E-state index is 0.899. The minimum absolute atomic E-state index is 0.899. The topological polar surface area (TPSA) is 42.7 Å². The van der Waals surface area contributed by atoms with Crippen molar-refractivity contribution in [1.82, 2.24) is 20.1 Å². The molecule has 0 aliphatic carbocycles. The maximum atomic E-state index is 4.03. The zero-order valence-electron chi connectivity index (χ0n) is 8.98. The Labute approximate surface area is 107 Å². The molecule has 0 aliphatic heterocycles. The van der Waals surface area contributed by atoms with Crippen LogP contribution in [0.2, 0.25) is 0 Å². The number of hydrogen-bond acceptors (Lipinski definition) is 4. The fourth-order valence-corrected chi connectivity index (χ4v) is 2.85. The van der Waals surface area contributed by atoms with Gasteiger partial charge >= 0.3 is 0 Å². The summed E-state index contributed by atoms with van der Waals surface area (Å²) in [6, 6.07) is 2.07. The molecule has 0 radical (unpaired) electrons. The molecule has 6 heteroatoms. The lowest BCUT2D eigenvalue weighted by atomic mass is 10.4. The van der Waals surface area contributed by atoms with Crippen molar-refractivity contribution in [2.45, 2.75) is 13.0 Å². The normalized spacial score (nSPS) is 10.9. The molecule has 0 unspecified atom stereocenters. The molecule has 2 aromatic rings. The number of hydrogen-bond donors (Lipinski definition) is 1. The third kappa shape index (κ3) is 2.90. The zero-order valence-corrected chi connectivity index (χ0v) is 11.4. The summed E-state index contributed by atoms with van der Waals surface area (Å²) >= 11 is 5.27. The Kier molecular flexibility index (Phi) is 4.09. The average Bonchev–Trinajstić information content (AvgIpc) is 2.84. The van der Waals surface area contributed by atoms with Crippen LogP contribution in [0.3, 0.4) is 0 Å². The van der Waals surface area contributed by atoms with Gasteiger partial charge in [0, 0.05) is 35.9 Å². The first-order valence-corrected chi connectivity index (χ1v) is 6.70. The molecule has 0 aromatic carbocycles. The van der Waals surface area contributed by atoms with Crippen molar-refractivity contribution in [2.24, 2.45) is 7.05 Å². The second-order valence-electron chi connectivity index (χ2n) is 3.48. The summed E-state index contributed by atoms with van der Waals surface area (Å²) in [4.78, 5) is 1.33. The van der Waals surface area contributed by atoms with Crippen LogP contribution in [0.15, 0.2) is 22.2 Å². The molecule has 0 fully saturated rings. The molecule has 0 amide bonds. The van der Waals surface area contributed by atoms with Gasteiger partial charge in [0.05, 0.1) is 0 Å². The first-order chi connectivity index (χ1) is 7.77. The predicted octanol–water partition coefficient (Wildman–Crippen LogP) is 1.97. The van der Waals surface area contributed by atoms with Gasteiger partial charge in [-0.15, -0.1) is 21.5 Å². The predicted molar refractivity (Wildman–Crippen MR) is 68.4 cm³/mol. The van der Waals surface area contributed by atoms with Gasteiger partial charge in [0.15, 0.2) is 0 Å². The SMILES string of the molecule is Cn1cnnc1CCNCc1sccc1Br. The molecule has 2 aromatic heterocycles. The van der Waals surface area contributed by atoms with Crippen molar-refractivity contribution in [2.75, 3.05) is 6.54 Å². The van der Waals surface area contributed by atoms with E-state index >= 15 is 0 Å². The van der Waals surface area contributed by atoms with Gasteiger partial charge in [0.25, 0.3) is 0 Å². The first-order valence-electron chi connectivity index (χ1n) is 5.03. The van der Waals surface area contributed by atoms with Crippen LogP contribution in [0, 0.1) is 0 Å². The number of thiophene rings is 1. The first kappa shape index (κ1) is 11.8. The maximum absolute atomic E-state index is 4.03. The molecule has 4 nitrogen and oxygen atoms in total. The highest BCUT2D eigenvalue weighted by Crippen LogP contribution is 2.21. The molecule has 0 aliphatic rings. The van der Waals surface area contributed by atoms with E-state index in [9.17, 15) is 0 Å². The molecule has 0 bridgehead atoms. The second kappa shape index (κ2) is 5.56. The smallest absolute Gasteiger partial charge is 0.133 e. The van der Waals surface area contributed by atoms with Crippen LogP contribution in [-0.2, 0) is 20.0 Å². The largest absolute Gasteiger partial charge is 0.321 e. The minimum Gasteiger partial charge on any atom is -0.321 e. The van der Waals surface area contributed by atoms with Crippen molar-refractivity contribution < 1.29 is 0 Å². The van der Waals surface area contributed by atoms with E-state index in [0.717, 1.165) is 25.3 Å². The molecule has 0 saturated heterocycles. The molecule has 2 heterocycles. The van der Waals surface area contributed by atoms with Crippen LogP contribution in [-0.4, -0.2) is 21.3 Å². The van der Waals surface area contributed by atoms with E-state index in [1.165, 1.54) is 9.35 Å². The monoisotopic (exact) mass is 300 g/mol. The summed E-state index contributed by atoms with van der Waals surface area (Å²) in [5.41, 5.74) is 0. The van der Waals surface area contributed by atoms with Crippen LogP contribution in [0.25, 0.3) is 0 Å². The highest BCUT2D eigenvalue weighted by atomic mass is 79.9. The summed E-state index contributed by atoms with van der Waals surface area (Å²) in [5.74, 6) is 1.01. The summed E-state index contributed by atoms with van der Waals surface area (Å²) in [5, 5.41) is 13.4. The second-order valence-corrected chi connectivity index (χ2v) is 5.33. The van der Waals surface area contributed by atoms with E-state index in [-0.39, 0.29) is 0 Å². The fourth-order valence-electron chi connectivity index (χ4n) is 1.39. The molecular weight excluding hydrogens is 288 g/mol.